The highest BCUT2D eigenvalue weighted by Crippen LogP contribution is 2.22. The molecule has 0 saturated carbocycles. The van der Waals surface area contributed by atoms with Crippen molar-refractivity contribution in [2.45, 2.75) is 19.4 Å². The maximum absolute atomic E-state index is 12.1. The Morgan fingerprint density at radius 3 is 2.70 bits per heavy atom. The number of halogens is 1. The minimum atomic E-state index is -0.248. The second-order valence-electron chi connectivity index (χ2n) is 5.69. The number of carbonyl (C=O) groups excluding carboxylic acids is 2. The van der Waals surface area contributed by atoms with Gasteiger partial charge in [-0.3, -0.25) is 14.5 Å². The molecule has 1 saturated heterocycles. The minimum Gasteiger partial charge on any atom is -0.496 e. The number of methoxy groups -OCH3 is 1. The number of carbonyl (C=O) groups is 2. The summed E-state index contributed by atoms with van der Waals surface area (Å²) >= 11 is 5.97. The summed E-state index contributed by atoms with van der Waals surface area (Å²) in [5, 5.41) is 3.47. The molecule has 1 aromatic carbocycles. The molecule has 6 nitrogen and oxygen atoms in total. The molecule has 2 amide bonds. The van der Waals surface area contributed by atoms with Crippen LogP contribution >= 0.6 is 11.6 Å². The fourth-order valence-corrected chi connectivity index (χ4v) is 2.91. The zero-order chi connectivity index (χ0) is 16.8. The number of amides is 2. The van der Waals surface area contributed by atoms with Crippen LogP contribution in [0.4, 0.5) is 0 Å². The van der Waals surface area contributed by atoms with E-state index in [0.717, 1.165) is 5.56 Å². The second-order valence-corrected chi connectivity index (χ2v) is 6.12. The number of rotatable bonds is 6. The third kappa shape index (κ3) is 5.11. The van der Waals surface area contributed by atoms with Gasteiger partial charge in [0.15, 0.2) is 0 Å². The number of nitrogens with zero attached hydrogens (tertiary/aromatic N) is 1. The number of likely N-dealkylation sites (tertiary alicyclic amines) is 1. The first-order valence-electron chi connectivity index (χ1n) is 7.60. The van der Waals surface area contributed by atoms with Gasteiger partial charge in [0.2, 0.25) is 11.8 Å². The van der Waals surface area contributed by atoms with Crippen LogP contribution in [-0.4, -0.2) is 43.5 Å². The Bertz CT molecular complexity index is 572. The maximum atomic E-state index is 12.1. The van der Waals surface area contributed by atoms with Crippen molar-refractivity contribution in [2.24, 2.45) is 11.7 Å². The first kappa shape index (κ1) is 17.6. The number of primary amides is 1. The van der Waals surface area contributed by atoms with Crippen molar-refractivity contribution >= 4 is 23.4 Å². The monoisotopic (exact) mass is 339 g/mol. The maximum Gasteiger partial charge on any atom is 0.234 e. The van der Waals surface area contributed by atoms with E-state index >= 15 is 0 Å². The summed E-state index contributed by atoms with van der Waals surface area (Å²) < 4.78 is 5.25. The molecule has 7 heteroatoms. The van der Waals surface area contributed by atoms with E-state index in [1.165, 1.54) is 0 Å². The predicted molar refractivity (Wildman–Crippen MR) is 88.2 cm³/mol. The van der Waals surface area contributed by atoms with Gasteiger partial charge in [-0.15, -0.1) is 0 Å². The summed E-state index contributed by atoms with van der Waals surface area (Å²) in [4.78, 5) is 25.2. The van der Waals surface area contributed by atoms with Gasteiger partial charge in [0.1, 0.15) is 5.75 Å². The van der Waals surface area contributed by atoms with Gasteiger partial charge in [-0.25, -0.2) is 0 Å². The zero-order valence-electron chi connectivity index (χ0n) is 13.2. The number of ether oxygens (including phenoxy) is 1. The Hall–Kier alpha value is -1.79. The van der Waals surface area contributed by atoms with Crippen LogP contribution in [0.2, 0.25) is 5.02 Å². The number of nitrogens with two attached hydrogens (primary N) is 1. The number of hydrogen-bond acceptors (Lipinski definition) is 4. The highest BCUT2D eigenvalue weighted by Gasteiger charge is 2.24. The van der Waals surface area contributed by atoms with E-state index in [4.69, 9.17) is 22.1 Å². The fraction of sp³-hybridized carbons (Fsp3) is 0.500. The third-order valence-electron chi connectivity index (χ3n) is 4.08. The van der Waals surface area contributed by atoms with Crippen LogP contribution in [0.5, 0.6) is 5.75 Å². The van der Waals surface area contributed by atoms with Gasteiger partial charge in [0.25, 0.3) is 0 Å². The molecule has 1 heterocycles. The van der Waals surface area contributed by atoms with Crippen LogP contribution in [0.1, 0.15) is 18.4 Å². The molecule has 1 aliphatic rings. The van der Waals surface area contributed by atoms with E-state index in [1.54, 1.807) is 25.3 Å². The smallest absolute Gasteiger partial charge is 0.234 e. The number of benzene rings is 1. The molecule has 0 aromatic heterocycles. The highest BCUT2D eigenvalue weighted by molar-refractivity contribution is 6.30. The van der Waals surface area contributed by atoms with E-state index < -0.39 is 0 Å². The summed E-state index contributed by atoms with van der Waals surface area (Å²) in [5.41, 5.74) is 6.14. The van der Waals surface area contributed by atoms with Crippen LogP contribution < -0.4 is 15.8 Å². The van der Waals surface area contributed by atoms with Crippen molar-refractivity contribution in [1.29, 1.82) is 0 Å². The molecule has 0 radical (unpaired) electrons. The average molecular weight is 340 g/mol. The summed E-state index contributed by atoms with van der Waals surface area (Å²) in [6.07, 6.45) is 1.43. The van der Waals surface area contributed by atoms with Crippen LogP contribution in [0.3, 0.4) is 0 Å². The molecule has 1 fully saturated rings. The first-order chi connectivity index (χ1) is 11.0. The van der Waals surface area contributed by atoms with Gasteiger partial charge >= 0.3 is 0 Å². The van der Waals surface area contributed by atoms with Crippen molar-refractivity contribution in [3.05, 3.63) is 28.8 Å². The van der Waals surface area contributed by atoms with E-state index in [9.17, 15) is 9.59 Å². The summed E-state index contributed by atoms with van der Waals surface area (Å²) in [6.45, 7) is 2.09. The average Bonchev–Trinajstić information content (AvgIpc) is 2.53. The molecule has 23 heavy (non-hydrogen) atoms. The van der Waals surface area contributed by atoms with Crippen molar-refractivity contribution in [2.75, 3.05) is 26.7 Å². The van der Waals surface area contributed by atoms with Crippen LogP contribution in [0.15, 0.2) is 18.2 Å². The Morgan fingerprint density at radius 1 is 1.39 bits per heavy atom. The topological polar surface area (TPSA) is 84.7 Å². The quantitative estimate of drug-likeness (QED) is 0.814. The van der Waals surface area contributed by atoms with Gasteiger partial charge in [-0.05, 0) is 44.1 Å². The van der Waals surface area contributed by atoms with E-state index in [0.29, 0.717) is 49.8 Å². The number of nitrogens with one attached hydrogen (secondary N) is 1. The Labute approximate surface area is 140 Å². The minimum absolute atomic E-state index is 0.0648. The molecule has 0 bridgehead atoms. The van der Waals surface area contributed by atoms with Crippen molar-refractivity contribution < 1.29 is 14.3 Å². The largest absolute Gasteiger partial charge is 0.496 e. The zero-order valence-corrected chi connectivity index (χ0v) is 13.9. The van der Waals surface area contributed by atoms with Crippen LogP contribution in [0.25, 0.3) is 0 Å². The van der Waals surface area contributed by atoms with E-state index in [2.05, 4.69) is 5.32 Å². The molecule has 1 aromatic rings. The Balaban J connectivity index is 1.80. The lowest BCUT2D eigenvalue weighted by molar-refractivity contribution is -0.124. The van der Waals surface area contributed by atoms with Crippen molar-refractivity contribution in [1.82, 2.24) is 10.2 Å². The van der Waals surface area contributed by atoms with E-state index in [1.807, 2.05) is 4.90 Å². The summed E-state index contributed by atoms with van der Waals surface area (Å²) in [7, 11) is 1.58. The lowest BCUT2D eigenvalue weighted by Crippen LogP contribution is -2.43. The molecule has 0 unspecified atom stereocenters. The highest BCUT2D eigenvalue weighted by atomic mass is 35.5. The SMILES string of the molecule is COc1ccc(Cl)cc1CNC(=O)CN1CCC(C(N)=O)CC1. The molecule has 0 spiro atoms. The van der Waals surface area contributed by atoms with Gasteiger partial charge in [-0.1, -0.05) is 11.6 Å². The Kier molecular flexibility index (Phi) is 6.24. The second kappa shape index (κ2) is 8.17. The van der Waals surface area contributed by atoms with Crippen LogP contribution in [0, 0.1) is 5.92 Å². The molecule has 126 valence electrons. The standard InChI is InChI=1S/C16H22ClN3O3/c1-23-14-3-2-13(17)8-12(14)9-19-15(21)10-20-6-4-11(5-7-20)16(18)22/h2-3,8,11H,4-7,9-10H2,1H3,(H2,18,22)(H,19,21). The molecule has 1 aliphatic heterocycles. The van der Waals surface area contributed by atoms with Gasteiger partial charge in [0, 0.05) is 23.0 Å². The first-order valence-corrected chi connectivity index (χ1v) is 7.98. The molecule has 0 aliphatic carbocycles. The van der Waals surface area contributed by atoms with E-state index in [-0.39, 0.29) is 17.7 Å². The number of piperidine rings is 1. The van der Waals surface area contributed by atoms with Gasteiger partial charge in [-0.2, -0.15) is 0 Å². The fourth-order valence-electron chi connectivity index (χ4n) is 2.71. The number of hydrogen-bond donors (Lipinski definition) is 2. The molecule has 0 atom stereocenters. The van der Waals surface area contributed by atoms with Crippen LogP contribution in [-0.2, 0) is 16.1 Å². The van der Waals surface area contributed by atoms with Gasteiger partial charge < -0.3 is 15.8 Å². The predicted octanol–water partition coefficient (Wildman–Crippen LogP) is 1.16. The van der Waals surface area contributed by atoms with Gasteiger partial charge in [0.05, 0.1) is 13.7 Å². The summed E-state index contributed by atoms with van der Waals surface area (Å²) in [5.74, 6) is 0.314. The lowest BCUT2D eigenvalue weighted by Gasteiger charge is -2.29. The molecular weight excluding hydrogens is 318 g/mol. The lowest BCUT2D eigenvalue weighted by atomic mass is 9.96. The molecule has 3 N–H and O–H groups in total. The Morgan fingerprint density at radius 2 is 2.09 bits per heavy atom. The van der Waals surface area contributed by atoms with Crippen molar-refractivity contribution in [3.8, 4) is 5.75 Å². The summed E-state index contributed by atoms with van der Waals surface area (Å²) in [6, 6.07) is 5.30. The van der Waals surface area contributed by atoms with Crippen molar-refractivity contribution in [3.63, 3.8) is 0 Å². The third-order valence-corrected chi connectivity index (χ3v) is 4.31. The normalized spacial score (nSPS) is 16.1. The molecule has 2 rings (SSSR count). The molecular formula is C16H22ClN3O3.